The average molecular weight is 333 g/mol. The van der Waals surface area contributed by atoms with E-state index in [9.17, 15) is 19.2 Å². The Bertz CT molecular complexity index is 623. The summed E-state index contributed by atoms with van der Waals surface area (Å²) in [5.41, 5.74) is 0.527. The van der Waals surface area contributed by atoms with Crippen LogP contribution in [0.3, 0.4) is 0 Å². The van der Waals surface area contributed by atoms with E-state index in [-0.39, 0.29) is 29.2 Å². The van der Waals surface area contributed by atoms with Crippen LogP contribution in [0.1, 0.15) is 20.7 Å². The lowest BCUT2D eigenvalue weighted by Gasteiger charge is -2.23. The van der Waals surface area contributed by atoms with Crippen LogP contribution >= 0.6 is 11.8 Å². The smallest absolute Gasteiger partial charge is 0.330 e. The molecule has 1 aliphatic rings. The fourth-order valence-electron chi connectivity index (χ4n) is 2.20. The molecule has 0 saturated carbocycles. The number of ether oxygens (including phenoxy) is 1. The van der Waals surface area contributed by atoms with Gasteiger partial charge in [-0.1, -0.05) is 24.8 Å². The number of aldehydes is 1. The van der Waals surface area contributed by atoms with Crippen LogP contribution in [0.4, 0.5) is 0 Å². The third kappa shape index (κ3) is 3.50. The number of hydrogen-bond acceptors (Lipinski definition) is 6. The van der Waals surface area contributed by atoms with Crippen molar-refractivity contribution >= 4 is 35.8 Å². The summed E-state index contributed by atoms with van der Waals surface area (Å²) < 4.78 is 4.99. The molecule has 1 atom stereocenters. The van der Waals surface area contributed by atoms with E-state index >= 15 is 0 Å². The zero-order valence-corrected chi connectivity index (χ0v) is 13.1. The van der Waals surface area contributed by atoms with Crippen molar-refractivity contribution in [1.82, 2.24) is 4.90 Å². The maximum atomic E-state index is 12.5. The number of benzene rings is 1. The van der Waals surface area contributed by atoms with E-state index in [4.69, 9.17) is 4.74 Å². The summed E-state index contributed by atoms with van der Waals surface area (Å²) in [6.45, 7) is 3.43. The Kier molecular flexibility index (Phi) is 5.70. The molecule has 0 aliphatic carbocycles. The molecule has 7 heteroatoms. The first kappa shape index (κ1) is 17.0. The SMILES string of the molecule is C=CCOC(=O)[C@@H](CSCC=O)N1C(=O)c2ccccc2C1=O. The predicted octanol–water partition coefficient (Wildman–Crippen LogP) is 1.31. The largest absolute Gasteiger partial charge is 0.460 e. The van der Waals surface area contributed by atoms with Crippen molar-refractivity contribution in [3.8, 4) is 0 Å². The maximum Gasteiger partial charge on any atom is 0.330 e. The molecule has 1 aromatic carbocycles. The number of carbonyl (C=O) groups excluding carboxylic acids is 4. The number of thioether (sulfide) groups is 1. The Hall–Kier alpha value is -2.41. The summed E-state index contributed by atoms with van der Waals surface area (Å²) in [5.74, 6) is -1.50. The van der Waals surface area contributed by atoms with E-state index in [1.807, 2.05) is 0 Å². The molecular weight excluding hydrogens is 318 g/mol. The van der Waals surface area contributed by atoms with Gasteiger partial charge in [0.2, 0.25) is 0 Å². The summed E-state index contributed by atoms with van der Waals surface area (Å²) in [6, 6.07) is 5.31. The van der Waals surface area contributed by atoms with Gasteiger partial charge in [0.15, 0.2) is 0 Å². The topological polar surface area (TPSA) is 80.8 Å². The van der Waals surface area contributed by atoms with Crippen LogP contribution in [0.25, 0.3) is 0 Å². The molecule has 1 aliphatic heterocycles. The van der Waals surface area contributed by atoms with Crippen LogP contribution in [-0.4, -0.2) is 53.1 Å². The molecule has 0 aromatic heterocycles. The second-order valence-corrected chi connectivity index (χ2v) is 5.74. The summed E-state index contributed by atoms with van der Waals surface area (Å²) in [5, 5.41) is 0. The lowest BCUT2D eigenvalue weighted by atomic mass is 10.1. The molecule has 0 fully saturated rings. The zero-order valence-electron chi connectivity index (χ0n) is 12.3. The van der Waals surface area contributed by atoms with Crippen molar-refractivity contribution < 1.29 is 23.9 Å². The Morgan fingerprint density at radius 2 is 1.87 bits per heavy atom. The minimum atomic E-state index is -1.08. The van der Waals surface area contributed by atoms with E-state index < -0.39 is 23.8 Å². The van der Waals surface area contributed by atoms with Crippen molar-refractivity contribution in [2.45, 2.75) is 6.04 Å². The van der Waals surface area contributed by atoms with Crippen LogP contribution in [0.2, 0.25) is 0 Å². The van der Waals surface area contributed by atoms with Gasteiger partial charge < -0.3 is 9.53 Å². The van der Waals surface area contributed by atoms with Gasteiger partial charge in [0.1, 0.15) is 18.9 Å². The lowest BCUT2D eigenvalue weighted by Crippen LogP contribution is -2.47. The number of carbonyl (C=O) groups is 4. The molecule has 2 amide bonds. The normalized spacial score (nSPS) is 14.3. The molecule has 1 heterocycles. The van der Waals surface area contributed by atoms with Gasteiger partial charge in [-0.2, -0.15) is 11.8 Å². The number of amides is 2. The van der Waals surface area contributed by atoms with Crippen molar-refractivity contribution in [2.24, 2.45) is 0 Å². The second kappa shape index (κ2) is 7.73. The molecule has 23 heavy (non-hydrogen) atoms. The number of esters is 1. The molecule has 0 unspecified atom stereocenters. The van der Waals surface area contributed by atoms with Gasteiger partial charge in [-0.05, 0) is 12.1 Å². The summed E-state index contributed by atoms with van der Waals surface area (Å²) in [7, 11) is 0. The first-order valence-corrected chi connectivity index (χ1v) is 8.03. The molecule has 2 rings (SSSR count). The molecule has 0 radical (unpaired) electrons. The fraction of sp³-hybridized carbons (Fsp3) is 0.250. The molecule has 0 N–H and O–H groups in total. The predicted molar refractivity (Wildman–Crippen MR) is 85.3 cm³/mol. The Morgan fingerprint density at radius 3 is 2.39 bits per heavy atom. The Morgan fingerprint density at radius 1 is 1.26 bits per heavy atom. The quantitative estimate of drug-likeness (QED) is 0.235. The number of rotatable bonds is 8. The number of nitrogens with zero attached hydrogens (tertiary/aromatic N) is 1. The van der Waals surface area contributed by atoms with Crippen LogP contribution in [0.5, 0.6) is 0 Å². The number of fused-ring (bicyclic) bond motifs is 1. The molecular formula is C16H15NO5S. The lowest BCUT2D eigenvalue weighted by molar-refractivity contribution is -0.146. The minimum Gasteiger partial charge on any atom is -0.460 e. The zero-order chi connectivity index (χ0) is 16.8. The van der Waals surface area contributed by atoms with Crippen molar-refractivity contribution in [1.29, 1.82) is 0 Å². The molecule has 6 nitrogen and oxygen atoms in total. The molecule has 0 bridgehead atoms. The van der Waals surface area contributed by atoms with E-state index in [0.29, 0.717) is 6.29 Å². The highest BCUT2D eigenvalue weighted by molar-refractivity contribution is 7.99. The molecule has 0 saturated heterocycles. The van der Waals surface area contributed by atoms with Crippen LogP contribution in [-0.2, 0) is 14.3 Å². The van der Waals surface area contributed by atoms with Gasteiger partial charge in [0.25, 0.3) is 11.8 Å². The number of hydrogen-bond donors (Lipinski definition) is 0. The highest BCUT2D eigenvalue weighted by Gasteiger charge is 2.43. The first-order chi connectivity index (χ1) is 11.1. The molecule has 120 valence electrons. The summed E-state index contributed by atoms with van der Waals surface area (Å²) >= 11 is 1.15. The molecule has 0 spiro atoms. The van der Waals surface area contributed by atoms with Crippen molar-refractivity contribution in [3.63, 3.8) is 0 Å². The molecule has 1 aromatic rings. The summed E-state index contributed by atoms with van der Waals surface area (Å²) in [6.07, 6.45) is 2.09. The van der Waals surface area contributed by atoms with Gasteiger partial charge in [-0.25, -0.2) is 4.79 Å². The Labute approximate surface area is 137 Å². The highest BCUT2D eigenvalue weighted by atomic mass is 32.2. The third-order valence-corrected chi connectivity index (χ3v) is 4.14. The fourth-order valence-corrected chi connectivity index (χ4v) is 2.94. The van der Waals surface area contributed by atoms with Gasteiger partial charge in [0.05, 0.1) is 11.1 Å². The standard InChI is InChI=1S/C16H15NO5S/c1-2-8-22-16(21)13(10-23-9-7-18)17-14(19)11-5-3-4-6-12(11)15(17)20/h2-7,13H,1,8-10H2/t13-/m1/s1. The van der Waals surface area contributed by atoms with E-state index in [1.165, 1.54) is 6.08 Å². The average Bonchev–Trinajstić information content (AvgIpc) is 2.82. The van der Waals surface area contributed by atoms with Gasteiger partial charge in [0, 0.05) is 11.5 Å². The second-order valence-electron chi connectivity index (χ2n) is 4.66. The van der Waals surface area contributed by atoms with Gasteiger partial charge >= 0.3 is 5.97 Å². The monoisotopic (exact) mass is 333 g/mol. The van der Waals surface area contributed by atoms with Crippen LogP contribution in [0, 0.1) is 0 Å². The Balaban J connectivity index is 2.26. The minimum absolute atomic E-state index is 0.0170. The third-order valence-electron chi connectivity index (χ3n) is 3.21. The number of imide groups is 1. The van der Waals surface area contributed by atoms with E-state index in [0.717, 1.165) is 16.7 Å². The maximum absolute atomic E-state index is 12.5. The highest BCUT2D eigenvalue weighted by Crippen LogP contribution is 2.26. The van der Waals surface area contributed by atoms with E-state index in [1.54, 1.807) is 24.3 Å². The first-order valence-electron chi connectivity index (χ1n) is 6.87. The van der Waals surface area contributed by atoms with Crippen LogP contribution in [0.15, 0.2) is 36.9 Å². The van der Waals surface area contributed by atoms with Crippen molar-refractivity contribution in [2.75, 3.05) is 18.1 Å². The summed E-state index contributed by atoms with van der Waals surface area (Å²) in [4.78, 5) is 48.5. The van der Waals surface area contributed by atoms with Gasteiger partial charge in [-0.3, -0.25) is 14.5 Å². The van der Waals surface area contributed by atoms with Crippen LogP contribution < -0.4 is 0 Å². The van der Waals surface area contributed by atoms with Crippen molar-refractivity contribution in [3.05, 3.63) is 48.0 Å². The van der Waals surface area contributed by atoms with Gasteiger partial charge in [-0.15, -0.1) is 0 Å². The van der Waals surface area contributed by atoms with E-state index in [2.05, 4.69) is 6.58 Å².